The minimum absolute atomic E-state index is 0.0198. The molecule has 0 saturated carbocycles. The number of hydrogen-bond acceptors (Lipinski definition) is 2. The van der Waals surface area contributed by atoms with E-state index < -0.39 is 0 Å². The predicted molar refractivity (Wildman–Crippen MR) is 92.2 cm³/mol. The summed E-state index contributed by atoms with van der Waals surface area (Å²) >= 11 is 12.2. The van der Waals surface area contributed by atoms with Gasteiger partial charge in [0.15, 0.2) is 0 Å². The number of nitrogens with zero attached hydrogens (tertiary/aromatic N) is 1. The first-order valence-electron chi connectivity index (χ1n) is 7.46. The van der Waals surface area contributed by atoms with Crippen molar-refractivity contribution in [3.63, 3.8) is 0 Å². The highest BCUT2D eigenvalue weighted by atomic mass is 35.5. The number of aromatic hydroxyl groups is 1. The van der Waals surface area contributed by atoms with Crippen LogP contribution in [0.25, 0.3) is 0 Å². The summed E-state index contributed by atoms with van der Waals surface area (Å²) in [4.78, 5) is 12.8. The molecule has 0 heterocycles. The highest BCUT2D eigenvalue weighted by molar-refractivity contribution is 6.42. The smallest absolute Gasteiger partial charge is 0.209 e. The van der Waals surface area contributed by atoms with Crippen molar-refractivity contribution in [1.29, 1.82) is 0 Å². The van der Waals surface area contributed by atoms with Gasteiger partial charge in [-0.15, -0.1) is 0 Å². The minimum atomic E-state index is -0.0198. The molecular formula is C18H17Cl2NO2. The number of carbonyl (C=O) groups is 1. The van der Waals surface area contributed by atoms with Crippen molar-refractivity contribution in [1.82, 2.24) is 4.90 Å². The molecular weight excluding hydrogens is 333 g/mol. The number of phenolic OH excluding ortho intramolecular Hbond substituents is 1. The lowest BCUT2D eigenvalue weighted by molar-refractivity contribution is -0.119. The van der Waals surface area contributed by atoms with Gasteiger partial charge >= 0.3 is 0 Å². The van der Waals surface area contributed by atoms with Gasteiger partial charge in [0.1, 0.15) is 5.75 Å². The zero-order valence-corrected chi connectivity index (χ0v) is 14.2. The molecule has 1 N–H and O–H groups in total. The summed E-state index contributed by atoms with van der Waals surface area (Å²) < 4.78 is 0. The average molecular weight is 350 g/mol. The van der Waals surface area contributed by atoms with Gasteiger partial charge in [-0.2, -0.15) is 0 Å². The van der Waals surface area contributed by atoms with Crippen LogP contribution in [0.3, 0.4) is 0 Å². The Kier molecular flexibility index (Phi) is 4.51. The van der Waals surface area contributed by atoms with Crippen molar-refractivity contribution >= 4 is 29.6 Å². The lowest BCUT2D eigenvalue weighted by atomic mass is 9.76. The summed E-state index contributed by atoms with van der Waals surface area (Å²) in [6, 6.07) is 11.0. The van der Waals surface area contributed by atoms with Crippen LogP contribution in [0.4, 0.5) is 0 Å². The maximum absolute atomic E-state index is 11.2. The molecule has 5 heteroatoms. The number of halogens is 2. The molecule has 1 aliphatic carbocycles. The van der Waals surface area contributed by atoms with Crippen LogP contribution in [0.15, 0.2) is 36.4 Å². The van der Waals surface area contributed by atoms with Crippen molar-refractivity contribution in [2.75, 3.05) is 7.05 Å². The first-order chi connectivity index (χ1) is 11.0. The zero-order valence-electron chi connectivity index (χ0n) is 12.7. The van der Waals surface area contributed by atoms with E-state index >= 15 is 0 Å². The molecule has 0 radical (unpaired) electrons. The summed E-state index contributed by atoms with van der Waals surface area (Å²) in [7, 11) is 1.77. The second kappa shape index (κ2) is 6.42. The van der Waals surface area contributed by atoms with Crippen LogP contribution in [-0.4, -0.2) is 23.5 Å². The van der Waals surface area contributed by atoms with E-state index in [0.717, 1.165) is 35.9 Å². The molecule has 2 atom stereocenters. The summed E-state index contributed by atoms with van der Waals surface area (Å²) in [5, 5.41) is 10.9. The molecule has 0 aromatic heterocycles. The first kappa shape index (κ1) is 16.2. The van der Waals surface area contributed by atoms with Crippen molar-refractivity contribution in [2.45, 2.75) is 24.8 Å². The maximum atomic E-state index is 11.2. The minimum Gasteiger partial charge on any atom is -0.508 e. The molecule has 3 rings (SSSR count). The van der Waals surface area contributed by atoms with E-state index in [1.165, 1.54) is 0 Å². The van der Waals surface area contributed by atoms with Gasteiger partial charge in [0.25, 0.3) is 0 Å². The van der Waals surface area contributed by atoms with E-state index in [4.69, 9.17) is 23.2 Å². The lowest BCUT2D eigenvalue weighted by Gasteiger charge is -2.35. The Labute approximate surface area is 145 Å². The quantitative estimate of drug-likeness (QED) is 0.812. The van der Waals surface area contributed by atoms with Gasteiger partial charge in [0.05, 0.1) is 16.1 Å². The van der Waals surface area contributed by atoms with Crippen LogP contribution in [-0.2, 0) is 4.79 Å². The highest BCUT2D eigenvalue weighted by Crippen LogP contribution is 2.44. The molecule has 120 valence electrons. The Bertz CT molecular complexity index is 748. The third kappa shape index (κ3) is 3.04. The Morgan fingerprint density at radius 3 is 2.57 bits per heavy atom. The van der Waals surface area contributed by atoms with Crippen molar-refractivity contribution in [3.8, 4) is 5.75 Å². The third-order valence-corrected chi connectivity index (χ3v) is 5.28. The summed E-state index contributed by atoms with van der Waals surface area (Å²) in [5.41, 5.74) is 3.20. The van der Waals surface area contributed by atoms with Gasteiger partial charge in [-0.3, -0.25) is 4.79 Å². The van der Waals surface area contributed by atoms with Crippen molar-refractivity contribution in [2.24, 2.45) is 0 Å². The largest absolute Gasteiger partial charge is 0.508 e. The number of phenols is 1. The highest BCUT2D eigenvalue weighted by Gasteiger charge is 2.30. The van der Waals surface area contributed by atoms with E-state index in [9.17, 15) is 9.90 Å². The molecule has 0 fully saturated rings. The monoisotopic (exact) mass is 349 g/mol. The normalized spacial score (nSPS) is 20.0. The Morgan fingerprint density at radius 2 is 1.87 bits per heavy atom. The topological polar surface area (TPSA) is 40.5 Å². The predicted octanol–water partition coefficient (Wildman–Crippen LogP) is 4.75. The van der Waals surface area contributed by atoms with Gasteiger partial charge in [-0.25, -0.2) is 0 Å². The van der Waals surface area contributed by atoms with Gasteiger partial charge in [0, 0.05) is 13.0 Å². The molecule has 0 saturated heterocycles. The number of fused-ring (bicyclic) bond motifs is 1. The molecule has 1 amide bonds. The Balaban J connectivity index is 2.07. The van der Waals surface area contributed by atoms with Crippen LogP contribution in [0.2, 0.25) is 10.0 Å². The lowest BCUT2D eigenvalue weighted by Crippen LogP contribution is -2.28. The maximum Gasteiger partial charge on any atom is 0.209 e. The van der Waals surface area contributed by atoms with Gasteiger partial charge in [-0.05, 0) is 53.8 Å². The van der Waals surface area contributed by atoms with Gasteiger partial charge < -0.3 is 10.0 Å². The van der Waals surface area contributed by atoms with Gasteiger partial charge in [0.2, 0.25) is 6.41 Å². The molecule has 23 heavy (non-hydrogen) atoms. The standard InChI is InChI=1S/C18H17Cl2NO2/c1-21(10-22)18-7-5-13(11-2-6-16(19)17(20)8-11)14-4-3-12(23)9-15(14)18/h2-4,6,8-10,13,18,23H,5,7H2,1H3/t13?,18-/m0/s1. The fourth-order valence-electron chi connectivity index (χ4n) is 3.38. The number of amides is 1. The number of hydrogen-bond donors (Lipinski definition) is 1. The second-order valence-electron chi connectivity index (χ2n) is 5.90. The number of rotatable bonds is 3. The van der Waals surface area contributed by atoms with E-state index in [1.54, 1.807) is 24.1 Å². The Morgan fingerprint density at radius 1 is 1.09 bits per heavy atom. The van der Waals surface area contributed by atoms with Crippen LogP contribution < -0.4 is 0 Å². The second-order valence-corrected chi connectivity index (χ2v) is 6.72. The zero-order chi connectivity index (χ0) is 16.6. The number of benzene rings is 2. The molecule has 0 aliphatic heterocycles. The van der Waals surface area contributed by atoms with Gasteiger partial charge in [-0.1, -0.05) is 35.3 Å². The van der Waals surface area contributed by atoms with Crippen LogP contribution in [0.5, 0.6) is 5.75 Å². The summed E-state index contributed by atoms with van der Waals surface area (Å²) in [5.74, 6) is 0.388. The van der Waals surface area contributed by atoms with Crippen molar-refractivity contribution < 1.29 is 9.90 Å². The SMILES string of the molecule is CN(C=O)[C@H]1CCC(c2ccc(Cl)c(Cl)c2)c2ccc(O)cc21. The molecule has 1 aliphatic rings. The molecule has 0 bridgehead atoms. The molecule has 0 spiro atoms. The number of carbonyl (C=O) groups excluding carboxylic acids is 1. The van der Waals surface area contributed by atoms with E-state index in [-0.39, 0.29) is 17.7 Å². The van der Waals surface area contributed by atoms with Crippen molar-refractivity contribution in [3.05, 3.63) is 63.1 Å². The molecule has 1 unspecified atom stereocenters. The molecule has 2 aromatic carbocycles. The Hall–Kier alpha value is -1.71. The van der Waals surface area contributed by atoms with Crippen LogP contribution in [0, 0.1) is 0 Å². The van der Waals surface area contributed by atoms with Crippen LogP contribution in [0.1, 0.15) is 41.5 Å². The van der Waals surface area contributed by atoms with E-state index in [0.29, 0.717) is 10.0 Å². The fourth-order valence-corrected chi connectivity index (χ4v) is 3.68. The van der Waals surface area contributed by atoms with Crippen LogP contribution >= 0.6 is 23.2 Å². The average Bonchev–Trinajstić information content (AvgIpc) is 2.55. The first-order valence-corrected chi connectivity index (χ1v) is 8.22. The fraction of sp³-hybridized carbons (Fsp3) is 0.278. The van der Waals surface area contributed by atoms with E-state index in [2.05, 4.69) is 0 Å². The summed E-state index contributed by atoms with van der Waals surface area (Å²) in [6.07, 6.45) is 2.56. The molecule has 2 aromatic rings. The summed E-state index contributed by atoms with van der Waals surface area (Å²) in [6.45, 7) is 0. The van der Waals surface area contributed by atoms with E-state index in [1.807, 2.05) is 24.3 Å². The third-order valence-electron chi connectivity index (χ3n) is 4.54. The molecule has 3 nitrogen and oxygen atoms in total.